The second-order valence-electron chi connectivity index (χ2n) is 6.64. The molecular weight excluding hydrogens is 277 g/mol. The van der Waals surface area contributed by atoms with Gasteiger partial charge < -0.3 is 10.2 Å². The lowest BCUT2D eigenvalue weighted by Gasteiger charge is -2.24. The van der Waals surface area contributed by atoms with E-state index in [1.807, 2.05) is 25.7 Å². The van der Waals surface area contributed by atoms with E-state index < -0.39 is 11.7 Å². The summed E-state index contributed by atoms with van der Waals surface area (Å²) in [6.07, 6.45) is -2.21. The van der Waals surface area contributed by atoms with Crippen LogP contribution in [0.5, 0.6) is 0 Å². The largest absolute Gasteiger partial charge is 0.416 e. The van der Waals surface area contributed by atoms with Gasteiger partial charge in [-0.05, 0) is 51.3 Å². The fourth-order valence-corrected chi connectivity index (χ4v) is 2.51. The van der Waals surface area contributed by atoms with Crippen LogP contribution in [0.25, 0.3) is 0 Å². The summed E-state index contributed by atoms with van der Waals surface area (Å²) in [5, 5.41) is 3.13. The first kappa shape index (κ1) is 16.1. The first-order chi connectivity index (χ1) is 9.67. The van der Waals surface area contributed by atoms with E-state index in [2.05, 4.69) is 5.32 Å². The van der Waals surface area contributed by atoms with Crippen molar-refractivity contribution < 1.29 is 13.2 Å². The highest BCUT2D eigenvalue weighted by Crippen LogP contribution is 2.35. The zero-order valence-corrected chi connectivity index (χ0v) is 12.8. The minimum atomic E-state index is -4.31. The van der Waals surface area contributed by atoms with Crippen molar-refractivity contribution >= 4 is 5.69 Å². The van der Waals surface area contributed by atoms with Gasteiger partial charge in [0.2, 0.25) is 0 Å². The van der Waals surface area contributed by atoms with E-state index in [1.54, 1.807) is 12.1 Å². The van der Waals surface area contributed by atoms with Crippen LogP contribution in [0.4, 0.5) is 18.9 Å². The van der Waals surface area contributed by atoms with Gasteiger partial charge in [0.15, 0.2) is 0 Å². The highest BCUT2D eigenvalue weighted by Gasteiger charge is 2.34. The molecule has 0 spiro atoms. The Balaban J connectivity index is 2.27. The highest BCUT2D eigenvalue weighted by atomic mass is 19.4. The minimum absolute atomic E-state index is 0.212. The summed E-state index contributed by atoms with van der Waals surface area (Å²) in [5.41, 5.74) is 0.250. The van der Waals surface area contributed by atoms with Gasteiger partial charge in [0.05, 0.1) is 5.56 Å². The molecule has 1 saturated heterocycles. The first-order valence-electron chi connectivity index (χ1n) is 7.37. The number of benzene rings is 1. The molecule has 0 saturated carbocycles. The van der Waals surface area contributed by atoms with E-state index in [0.717, 1.165) is 25.9 Å². The van der Waals surface area contributed by atoms with Crippen LogP contribution in [0, 0.1) is 0 Å². The van der Waals surface area contributed by atoms with Gasteiger partial charge in [0.1, 0.15) is 0 Å². The quantitative estimate of drug-likeness (QED) is 0.900. The SMILES string of the molecule is CC(C)(C)NCc1ccc(N2CCCC2)cc1C(F)(F)F. The van der Waals surface area contributed by atoms with Crippen LogP contribution in [-0.4, -0.2) is 18.6 Å². The monoisotopic (exact) mass is 300 g/mol. The number of hydrogen-bond donors (Lipinski definition) is 1. The van der Waals surface area contributed by atoms with E-state index in [4.69, 9.17) is 0 Å². The maximum Gasteiger partial charge on any atom is 0.416 e. The third-order valence-electron chi connectivity index (χ3n) is 3.68. The summed E-state index contributed by atoms with van der Waals surface area (Å²) in [6, 6.07) is 4.71. The molecule has 2 nitrogen and oxygen atoms in total. The topological polar surface area (TPSA) is 15.3 Å². The van der Waals surface area contributed by atoms with Gasteiger partial charge in [0, 0.05) is 30.9 Å². The lowest BCUT2D eigenvalue weighted by atomic mass is 10.0. The first-order valence-corrected chi connectivity index (χ1v) is 7.37. The Labute approximate surface area is 124 Å². The van der Waals surface area contributed by atoms with Crippen molar-refractivity contribution in [3.8, 4) is 0 Å². The molecule has 118 valence electrons. The lowest BCUT2D eigenvalue weighted by Crippen LogP contribution is -2.35. The van der Waals surface area contributed by atoms with Crippen LogP contribution < -0.4 is 10.2 Å². The number of anilines is 1. The van der Waals surface area contributed by atoms with Crippen LogP contribution in [0.15, 0.2) is 18.2 Å². The Morgan fingerprint density at radius 2 is 1.71 bits per heavy atom. The molecule has 21 heavy (non-hydrogen) atoms. The maximum atomic E-state index is 13.3. The highest BCUT2D eigenvalue weighted by molar-refractivity contribution is 5.52. The molecular formula is C16H23F3N2. The summed E-state index contributed by atoms with van der Waals surface area (Å²) in [7, 11) is 0. The molecule has 1 fully saturated rings. The molecule has 5 heteroatoms. The van der Waals surface area contributed by atoms with Crippen molar-refractivity contribution in [1.29, 1.82) is 0 Å². The van der Waals surface area contributed by atoms with Crippen molar-refractivity contribution in [1.82, 2.24) is 5.32 Å². The zero-order valence-electron chi connectivity index (χ0n) is 12.8. The fourth-order valence-electron chi connectivity index (χ4n) is 2.51. The van der Waals surface area contributed by atoms with Crippen molar-refractivity contribution in [2.75, 3.05) is 18.0 Å². The second-order valence-corrected chi connectivity index (χ2v) is 6.64. The van der Waals surface area contributed by atoms with Crippen molar-refractivity contribution in [3.05, 3.63) is 29.3 Å². The molecule has 0 radical (unpaired) electrons. The number of nitrogens with zero attached hydrogens (tertiary/aromatic N) is 1. The Morgan fingerprint density at radius 1 is 1.10 bits per heavy atom. The molecule has 0 unspecified atom stereocenters. The van der Waals surface area contributed by atoms with Gasteiger partial charge in [-0.15, -0.1) is 0 Å². The molecule has 0 amide bonds. The van der Waals surface area contributed by atoms with E-state index >= 15 is 0 Å². The standard InChI is InChI=1S/C16H23F3N2/c1-15(2,3)20-11-12-6-7-13(21-8-4-5-9-21)10-14(12)16(17,18)19/h6-7,10,20H,4-5,8-9,11H2,1-3H3. The maximum absolute atomic E-state index is 13.3. The molecule has 0 aromatic heterocycles. The van der Waals surface area contributed by atoms with Gasteiger partial charge in [-0.3, -0.25) is 0 Å². The van der Waals surface area contributed by atoms with Gasteiger partial charge >= 0.3 is 6.18 Å². The molecule has 1 aliphatic rings. The van der Waals surface area contributed by atoms with Crippen LogP contribution in [0.3, 0.4) is 0 Å². The van der Waals surface area contributed by atoms with Crippen LogP contribution in [0.2, 0.25) is 0 Å². The molecule has 0 aliphatic carbocycles. The molecule has 0 atom stereocenters. The summed E-state index contributed by atoms with van der Waals surface area (Å²) >= 11 is 0. The predicted octanol–water partition coefficient (Wildman–Crippen LogP) is 4.19. The van der Waals surface area contributed by atoms with Gasteiger partial charge in [-0.25, -0.2) is 0 Å². The van der Waals surface area contributed by atoms with E-state index in [0.29, 0.717) is 11.3 Å². The molecule has 1 aromatic rings. The predicted molar refractivity (Wildman–Crippen MR) is 79.5 cm³/mol. The van der Waals surface area contributed by atoms with Gasteiger partial charge in [-0.2, -0.15) is 13.2 Å². The van der Waals surface area contributed by atoms with Crippen LogP contribution in [-0.2, 0) is 12.7 Å². The number of rotatable bonds is 3. The molecule has 1 aromatic carbocycles. The molecule has 0 bridgehead atoms. The average molecular weight is 300 g/mol. The fraction of sp³-hybridized carbons (Fsp3) is 0.625. The van der Waals surface area contributed by atoms with E-state index in [-0.39, 0.29) is 12.1 Å². The lowest BCUT2D eigenvalue weighted by molar-refractivity contribution is -0.138. The van der Waals surface area contributed by atoms with Crippen molar-refractivity contribution in [2.24, 2.45) is 0 Å². The number of nitrogens with one attached hydrogen (secondary N) is 1. The summed E-state index contributed by atoms with van der Waals surface area (Å²) < 4.78 is 39.9. The Bertz CT molecular complexity index is 483. The van der Waals surface area contributed by atoms with Gasteiger partial charge in [-0.1, -0.05) is 6.07 Å². The van der Waals surface area contributed by atoms with Crippen LogP contribution >= 0.6 is 0 Å². The zero-order chi connectivity index (χ0) is 15.7. The van der Waals surface area contributed by atoms with E-state index in [1.165, 1.54) is 6.07 Å². The molecule has 1 N–H and O–H groups in total. The average Bonchev–Trinajstić information content (AvgIpc) is 2.88. The van der Waals surface area contributed by atoms with E-state index in [9.17, 15) is 13.2 Å². The Kier molecular flexibility index (Phi) is 4.51. The molecule has 1 aliphatic heterocycles. The minimum Gasteiger partial charge on any atom is -0.372 e. The van der Waals surface area contributed by atoms with Crippen molar-refractivity contribution in [2.45, 2.75) is 51.9 Å². The number of halogens is 3. The normalized spacial score (nSPS) is 16.6. The van der Waals surface area contributed by atoms with Gasteiger partial charge in [0.25, 0.3) is 0 Å². The third-order valence-corrected chi connectivity index (χ3v) is 3.68. The second kappa shape index (κ2) is 5.87. The Morgan fingerprint density at radius 3 is 2.24 bits per heavy atom. The number of alkyl halides is 3. The smallest absolute Gasteiger partial charge is 0.372 e. The summed E-state index contributed by atoms with van der Waals surface area (Å²) in [5.74, 6) is 0. The number of hydrogen-bond acceptors (Lipinski definition) is 2. The van der Waals surface area contributed by atoms with Crippen molar-refractivity contribution in [3.63, 3.8) is 0 Å². The molecule has 2 rings (SSSR count). The molecule has 1 heterocycles. The summed E-state index contributed by atoms with van der Waals surface area (Å²) in [4.78, 5) is 2.02. The third kappa shape index (κ3) is 4.37. The Hall–Kier alpha value is -1.23. The van der Waals surface area contributed by atoms with Crippen LogP contribution in [0.1, 0.15) is 44.7 Å². The summed E-state index contributed by atoms with van der Waals surface area (Å²) in [6.45, 7) is 7.74.